The van der Waals surface area contributed by atoms with Gasteiger partial charge in [-0.05, 0) is 12.1 Å². The molecule has 0 spiro atoms. The molecule has 5 nitrogen and oxygen atoms in total. The van der Waals surface area contributed by atoms with Crippen LogP contribution in [-0.4, -0.2) is 26.6 Å². The highest BCUT2D eigenvalue weighted by atomic mass is 35.5. The predicted octanol–water partition coefficient (Wildman–Crippen LogP) is 2.10. The van der Waals surface area contributed by atoms with Gasteiger partial charge in [0.25, 0.3) is 0 Å². The predicted molar refractivity (Wildman–Crippen MR) is 65.7 cm³/mol. The van der Waals surface area contributed by atoms with Crippen molar-refractivity contribution in [1.82, 2.24) is 14.8 Å². The van der Waals surface area contributed by atoms with Crippen molar-refractivity contribution in [3.8, 4) is 5.69 Å². The minimum Gasteiger partial charge on any atom is -0.323 e. The van der Waals surface area contributed by atoms with E-state index in [1.165, 1.54) is 17.3 Å². The van der Waals surface area contributed by atoms with E-state index in [1.807, 2.05) is 0 Å². The number of amides is 1. The van der Waals surface area contributed by atoms with Crippen LogP contribution in [0.3, 0.4) is 0 Å². The lowest BCUT2D eigenvalue weighted by Crippen LogP contribution is -2.14. The molecule has 0 saturated heterocycles. The molecule has 0 aliphatic heterocycles. The monoisotopic (exact) mass is 270 g/mol. The molecule has 1 N–H and O–H groups in total. The van der Waals surface area contributed by atoms with E-state index in [4.69, 9.17) is 23.2 Å². The molecule has 1 heterocycles. The largest absolute Gasteiger partial charge is 0.323 e. The molecule has 0 saturated carbocycles. The minimum absolute atomic E-state index is 0.122. The SMILES string of the molecule is O=C(CCl)Nc1cccc(Cl)c1-n1cncn1. The molecule has 88 valence electrons. The van der Waals surface area contributed by atoms with Crippen molar-refractivity contribution >= 4 is 34.8 Å². The molecule has 0 atom stereocenters. The van der Waals surface area contributed by atoms with E-state index in [9.17, 15) is 4.79 Å². The summed E-state index contributed by atoms with van der Waals surface area (Å²) < 4.78 is 1.48. The number of carbonyl (C=O) groups is 1. The second kappa shape index (κ2) is 5.16. The number of benzene rings is 1. The van der Waals surface area contributed by atoms with E-state index in [-0.39, 0.29) is 11.8 Å². The summed E-state index contributed by atoms with van der Waals surface area (Å²) in [5.41, 5.74) is 1.10. The Kier molecular flexibility index (Phi) is 3.61. The molecule has 0 aliphatic rings. The minimum atomic E-state index is -0.310. The summed E-state index contributed by atoms with van der Waals surface area (Å²) in [6, 6.07) is 5.15. The number of halogens is 2. The molecule has 1 aromatic heterocycles. The Hall–Kier alpha value is -1.59. The molecule has 0 bridgehead atoms. The maximum Gasteiger partial charge on any atom is 0.239 e. The summed E-state index contributed by atoms with van der Waals surface area (Å²) >= 11 is 11.5. The molecule has 1 amide bonds. The van der Waals surface area contributed by atoms with Gasteiger partial charge in [-0.25, -0.2) is 9.67 Å². The quantitative estimate of drug-likeness (QED) is 0.869. The van der Waals surface area contributed by atoms with Crippen molar-refractivity contribution in [2.24, 2.45) is 0 Å². The van der Waals surface area contributed by atoms with Gasteiger partial charge in [0.1, 0.15) is 24.2 Å². The van der Waals surface area contributed by atoms with Crippen molar-refractivity contribution in [3.05, 3.63) is 35.9 Å². The van der Waals surface area contributed by atoms with Gasteiger partial charge in [0.15, 0.2) is 0 Å². The Morgan fingerprint density at radius 3 is 2.94 bits per heavy atom. The Morgan fingerprint density at radius 1 is 1.47 bits per heavy atom. The Balaban J connectivity index is 2.45. The summed E-state index contributed by atoms with van der Waals surface area (Å²) in [7, 11) is 0. The third-order valence-electron chi connectivity index (χ3n) is 2.03. The maximum atomic E-state index is 11.3. The number of aromatic nitrogens is 3. The van der Waals surface area contributed by atoms with Gasteiger partial charge in [-0.2, -0.15) is 5.10 Å². The summed E-state index contributed by atoms with van der Waals surface area (Å²) in [6.45, 7) is 0. The number of nitrogens with one attached hydrogen (secondary N) is 1. The van der Waals surface area contributed by atoms with Gasteiger partial charge in [0.2, 0.25) is 5.91 Å². The normalized spacial score (nSPS) is 10.2. The summed E-state index contributed by atoms with van der Waals surface area (Å²) in [6.07, 6.45) is 2.88. The van der Waals surface area contributed by atoms with Gasteiger partial charge < -0.3 is 5.32 Å². The zero-order valence-electron chi connectivity index (χ0n) is 8.60. The molecule has 0 aliphatic carbocycles. The lowest BCUT2D eigenvalue weighted by Gasteiger charge is -2.11. The van der Waals surface area contributed by atoms with Gasteiger partial charge in [0, 0.05) is 0 Å². The second-order valence-electron chi connectivity index (χ2n) is 3.16. The number of carbonyl (C=O) groups excluding carboxylic acids is 1. The van der Waals surface area contributed by atoms with Crippen LogP contribution in [-0.2, 0) is 4.79 Å². The van der Waals surface area contributed by atoms with Crippen LogP contribution in [0.2, 0.25) is 5.02 Å². The number of para-hydroxylation sites is 1. The van der Waals surface area contributed by atoms with Crippen molar-refractivity contribution in [1.29, 1.82) is 0 Å². The van der Waals surface area contributed by atoms with E-state index in [2.05, 4.69) is 15.4 Å². The van der Waals surface area contributed by atoms with E-state index < -0.39 is 0 Å². The highest BCUT2D eigenvalue weighted by Crippen LogP contribution is 2.27. The maximum absolute atomic E-state index is 11.3. The second-order valence-corrected chi connectivity index (χ2v) is 3.83. The first-order valence-electron chi connectivity index (χ1n) is 4.71. The number of hydrogen-bond donors (Lipinski definition) is 1. The van der Waals surface area contributed by atoms with E-state index in [0.717, 1.165) is 0 Å². The Morgan fingerprint density at radius 2 is 2.29 bits per heavy atom. The van der Waals surface area contributed by atoms with Crippen LogP contribution in [0.25, 0.3) is 5.69 Å². The number of rotatable bonds is 3. The number of anilines is 1. The fourth-order valence-electron chi connectivity index (χ4n) is 1.36. The first-order valence-corrected chi connectivity index (χ1v) is 5.63. The van der Waals surface area contributed by atoms with E-state index in [1.54, 1.807) is 18.2 Å². The standard InChI is InChI=1S/C10H8Cl2N4O/c11-4-9(17)15-8-3-1-2-7(12)10(8)16-6-13-5-14-16/h1-3,5-6H,4H2,(H,15,17). The van der Waals surface area contributed by atoms with Crippen molar-refractivity contribution in [3.63, 3.8) is 0 Å². The van der Waals surface area contributed by atoms with Gasteiger partial charge in [-0.15, -0.1) is 11.6 Å². The van der Waals surface area contributed by atoms with Crippen LogP contribution in [0.15, 0.2) is 30.9 Å². The summed E-state index contributed by atoms with van der Waals surface area (Å²) in [4.78, 5) is 15.1. The average Bonchev–Trinajstić information content (AvgIpc) is 2.82. The molecule has 0 unspecified atom stereocenters. The van der Waals surface area contributed by atoms with Gasteiger partial charge in [-0.3, -0.25) is 4.79 Å². The third kappa shape index (κ3) is 2.57. The van der Waals surface area contributed by atoms with Crippen LogP contribution in [0.5, 0.6) is 0 Å². The number of nitrogens with zero attached hydrogens (tertiary/aromatic N) is 3. The van der Waals surface area contributed by atoms with Crippen LogP contribution < -0.4 is 5.32 Å². The zero-order chi connectivity index (χ0) is 12.3. The topological polar surface area (TPSA) is 59.8 Å². The molecule has 17 heavy (non-hydrogen) atoms. The first-order chi connectivity index (χ1) is 8.22. The van der Waals surface area contributed by atoms with Gasteiger partial charge >= 0.3 is 0 Å². The fraction of sp³-hybridized carbons (Fsp3) is 0.100. The van der Waals surface area contributed by atoms with Crippen molar-refractivity contribution in [2.45, 2.75) is 0 Å². The molecular weight excluding hydrogens is 263 g/mol. The highest BCUT2D eigenvalue weighted by Gasteiger charge is 2.11. The third-order valence-corrected chi connectivity index (χ3v) is 2.58. The average molecular weight is 271 g/mol. The fourth-order valence-corrected chi connectivity index (χ4v) is 1.68. The van der Waals surface area contributed by atoms with Crippen LogP contribution >= 0.6 is 23.2 Å². The van der Waals surface area contributed by atoms with Crippen molar-refractivity contribution < 1.29 is 4.79 Å². The van der Waals surface area contributed by atoms with Crippen molar-refractivity contribution in [2.75, 3.05) is 11.2 Å². The lowest BCUT2D eigenvalue weighted by atomic mass is 10.2. The van der Waals surface area contributed by atoms with Crippen LogP contribution in [0.4, 0.5) is 5.69 Å². The van der Waals surface area contributed by atoms with E-state index >= 15 is 0 Å². The lowest BCUT2D eigenvalue weighted by molar-refractivity contribution is -0.113. The number of hydrogen-bond acceptors (Lipinski definition) is 3. The summed E-state index contributed by atoms with van der Waals surface area (Å²) in [5.74, 6) is -0.432. The molecule has 2 rings (SSSR count). The molecule has 2 aromatic rings. The van der Waals surface area contributed by atoms with Crippen LogP contribution in [0.1, 0.15) is 0 Å². The number of alkyl halides is 1. The highest BCUT2D eigenvalue weighted by molar-refractivity contribution is 6.33. The van der Waals surface area contributed by atoms with Gasteiger partial charge in [-0.1, -0.05) is 17.7 Å². The molecule has 7 heteroatoms. The summed E-state index contributed by atoms with van der Waals surface area (Å²) in [5, 5.41) is 7.08. The Bertz CT molecular complexity index is 527. The first kappa shape index (κ1) is 11.9. The van der Waals surface area contributed by atoms with Gasteiger partial charge in [0.05, 0.1) is 10.7 Å². The molecular formula is C10H8Cl2N4O. The molecule has 1 aromatic carbocycles. The Labute approximate surface area is 107 Å². The molecule has 0 radical (unpaired) electrons. The zero-order valence-corrected chi connectivity index (χ0v) is 10.1. The smallest absolute Gasteiger partial charge is 0.239 e. The molecule has 0 fully saturated rings. The van der Waals surface area contributed by atoms with Crippen LogP contribution in [0, 0.1) is 0 Å². The van der Waals surface area contributed by atoms with E-state index in [0.29, 0.717) is 16.4 Å².